The molecule has 0 radical (unpaired) electrons. The van der Waals surface area contributed by atoms with Crippen LogP contribution in [0.3, 0.4) is 0 Å². The predicted octanol–water partition coefficient (Wildman–Crippen LogP) is 3.29. The standard InChI is InChI=1S/C20H21ClN2O4S/c1-12-17(13-6-10-16(11-7-13)28(22,26)27)20(2,19(24)25)23(3)18(12)14-4-8-15(21)9-5-14/h4-11,17H,1-3H3,(H,24,25)(H2,22,26,27). The quantitative estimate of drug-likeness (QED) is 0.790. The molecule has 0 aromatic heterocycles. The van der Waals surface area contributed by atoms with E-state index in [2.05, 4.69) is 0 Å². The molecule has 0 aliphatic carbocycles. The number of carboxylic acid groups (broad SMARTS) is 1. The van der Waals surface area contributed by atoms with Gasteiger partial charge < -0.3 is 10.0 Å². The van der Waals surface area contributed by atoms with Gasteiger partial charge >= 0.3 is 5.97 Å². The van der Waals surface area contributed by atoms with Crippen molar-refractivity contribution in [3.63, 3.8) is 0 Å². The lowest BCUT2D eigenvalue weighted by Crippen LogP contribution is -2.50. The second kappa shape index (κ2) is 6.92. The zero-order valence-corrected chi connectivity index (χ0v) is 17.3. The van der Waals surface area contributed by atoms with Crippen molar-refractivity contribution >= 4 is 33.3 Å². The molecule has 1 heterocycles. The van der Waals surface area contributed by atoms with E-state index in [4.69, 9.17) is 16.7 Å². The highest BCUT2D eigenvalue weighted by atomic mass is 35.5. The first-order valence-electron chi connectivity index (χ1n) is 8.54. The fourth-order valence-corrected chi connectivity index (χ4v) is 4.61. The van der Waals surface area contributed by atoms with Crippen LogP contribution < -0.4 is 5.14 Å². The van der Waals surface area contributed by atoms with Crippen LogP contribution in [0.25, 0.3) is 5.70 Å². The Morgan fingerprint density at radius 1 is 1.14 bits per heavy atom. The number of carboxylic acids is 1. The minimum Gasteiger partial charge on any atom is -0.479 e. The number of benzene rings is 2. The van der Waals surface area contributed by atoms with Gasteiger partial charge in [-0.15, -0.1) is 0 Å². The summed E-state index contributed by atoms with van der Waals surface area (Å²) in [5.74, 6) is -1.45. The predicted molar refractivity (Wildman–Crippen MR) is 108 cm³/mol. The van der Waals surface area contributed by atoms with Gasteiger partial charge in [0.15, 0.2) is 0 Å². The molecule has 0 saturated carbocycles. The summed E-state index contributed by atoms with van der Waals surface area (Å²) in [6.45, 7) is 3.56. The molecular weight excluding hydrogens is 400 g/mol. The lowest BCUT2D eigenvalue weighted by molar-refractivity contribution is -0.147. The molecule has 1 aliphatic rings. The third-order valence-corrected chi connectivity index (χ3v) is 6.67. The molecule has 3 rings (SSSR count). The third-order valence-electron chi connectivity index (χ3n) is 5.49. The van der Waals surface area contributed by atoms with E-state index in [1.807, 2.05) is 19.1 Å². The zero-order chi connectivity index (χ0) is 20.9. The lowest BCUT2D eigenvalue weighted by atomic mass is 9.78. The van der Waals surface area contributed by atoms with Crippen molar-refractivity contribution in [2.75, 3.05) is 7.05 Å². The molecule has 2 aromatic carbocycles. The van der Waals surface area contributed by atoms with Crippen molar-refractivity contribution in [1.29, 1.82) is 0 Å². The van der Waals surface area contributed by atoms with E-state index >= 15 is 0 Å². The van der Waals surface area contributed by atoms with Gasteiger partial charge in [0.05, 0.1) is 4.90 Å². The number of sulfonamides is 1. The monoisotopic (exact) mass is 420 g/mol. The number of rotatable bonds is 4. The van der Waals surface area contributed by atoms with Crippen LogP contribution in [0.1, 0.15) is 30.9 Å². The SMILES string of the molecule is CC1=C(c2ccc(Cl)cc2)N(C)C(C)(C(=O)O)C1c1ccc(S(N)(=O)=O)cc1. The Labute approximate surface area is 169 Å². The van der Waals surface area contributed by atoms with E-state index in [0.29, 0.717) is 10.6 Å². The molecule has 148 valence electrons. The number of hydrogen-bond donors (Lipinski definition) is 2. The van der Waals surface area contributed by atoms with Crippen LogP contribution in [0.15, 0.2) is 59.0 Å². The molecule has 2 unspecified atom stereocenters. The minimum atomic E-state index is -3.82. The fraction of sp³-hybridized carbons (Fsp3) is 0.250. The van der Waals surface area contributed by atoms with Gasteiger partial charge in [0.1, 0.15) is 5.54 Å². The Hall–Kier alpha value is -2.35. The van der Waals surface area contributed by atoms with Crippen LogP contribution in [0, 0.1) is 0 Å². The molecule has 0 fully saturated rings. The highest BCUT2D eigenvalue weighted by molar-refractivity contribution is 7.89. The highest BCUT2D eigenvalue weighted by Gasteiger charge is 2.53. The van der Waals surface area contributed by atoms with Gasteiger partial charge in [-0.1, -0.05) is 35.9 Å². The summed E-state index contributed by atoms with van der Waals surface area (Å²) in [6, 6.07) is 13.3. The largest absolute Gasteiger partial charge is 0.479 e. The molecule has 2 aromatic rings. The molecule has 6 nitrogen and oxygen atoms in total. The molecule has 0 amide bonds. The number of halogens is 1. The molecule has 3 N–H and O–H groups in total. The number of aliphatic carboxylic acids is 1. The van der Waals surface area contributed by atoms with Crippen molar-refractivity contribution in [1.82, 2.24) is 4.90 Å². The number of carbonyl (C=O) groups is 1. The van der Waals surface area contributed by atoms with Crippen molar-refractivity contribution in [3.05, 3.63) is 70.3 Å². The maximum absolute atomic E-state index is 12.3. The number of primary sulfonamides is 1. The first-order chi connectivity index (χ1) is 13.0. The molecule has 0 saturated heterocycles. The Kier molecular flexibility index (Phi) is 5.04. The molecule has 1 aliphatic heterocycles. The Bertz CT molecular complexity index is 1060. The third kappa shape index (κ3) is 3.19. The topological polar surface area (TPSA) is 101 Å². The van der Waals surface area contributed by atoms with Gasteiger partial charge in [-0.2, -0.15) is 0 Å². The Morgan fingerprint density at radius 3 is 2.14 bits per heavy atom. The minimum absolute atomic E-state index is 0.0146. The van der Waals surface area contributed by atoms with Crippen LogP contribution in [-0.2, 0) is 14.8 Å². The zero-order valence-electron chi connectivity index (χ0n) is 15.7. The van der Waals surface area contributed by atoms with E-state index in [1.54, 1.807) is 43.1 Å². The first-order valence-corrected chi connectivity index (χ1v) is 10.5. The van der Waals surface area contributed by atoms with Crippen molar-refractivity contribution < 1.29 is 18.3 Å². The van der Waals surface area contributed by atoms with E-state index in [0.717, 1.165) is 16.8 Å². The molecule has 2 atom stereocenters. The fourth-order valence-electron chi connectivity index (χ4n) is 3.97. The van der Waals surface area contributed by atoms with E-state index in [9.17, 15) is 18.3 Å². The highest BCUT2D eigenvalue weighted by Crippen LogP contribution is 2.50. The number of hydrogen-bond acceptors (Lipinski definition) is 4. The van der Waals surface area contributed by atoms with Crippen LogP contribution in [0.2, 0.25) is 5.02 Å². The van der Waals surface area contributed by atoms with Gasteiger partial charge in [-0.25, -0.2) is 18.4 Å². The number of nitrogens with zero attached hydrogens (tertiary/aromatic N) is 1. The van der Waals surface area contributed by atoms with Gasteiger partial charge in [0.2, 0.25) is 10.0 Å². The van der Waals surface area contributed by atoms with Crippen molar-refractivity contribution in [2.24, 2.45) is 5.14 Å². The normalized spacial score (nSPS) is 22.6. The number of likely N-dealkylation sites (N-methyl/N-ethyl adjacent to an activating group) is 1. The van der Waals surface area contributed by atoms with Gasteiger partial charge in [0, 0.05) is 23.7 Å². The molecule has 0 bridgehead atoms. The van der Waals surface area contributed by atoms with Gasteiger partial charge in [-0.05, 0) is 54.8 Å². The van der Waals surface area contributed by atoms with E-state index in [1.165, 1.54) is 12.1 Å². The maximum atomic E-state index is 12.3. The van der Waals surface area contributed by atoms with Crippen LogP contribution in [0.4, 0.5) is 0 Å². The first kappa shape index (κ1) is 20.4. The summed E-state index contributed by atoms with van der Waals surface area (Å²) >= 11 is 5.99. The summed E-state index contributed by atoms with van der Waals surface area (Å²) in [5, 5.41) is 15.8. The molecular formula is C20H21ClN2O4S. The summed E-state index contributed by atoms with van der Waals surface area (Å²) in [6.07, 6.45) is 0. The van der Waals surface area contributed by atoms with Gasteiger partial charge in [0.25, 0.3) is 0 Å². The van der Waals surface area contributed by atoms with E-state index < -0.39 is 27.4 Å². The maximum Gasteiger partial charge on any atom is 0.330 e. The van der Waals surface area contributed by atoms with Crippen LogP contribution in [-0.4, -0.2) is 37.0 Å². The number of nitrogens with two attached hydrogens (primary N) is 1. The molecule has 0 spiro atoms. The molecule has 8 heteroatoms. The summed E-state index contributed by atoms with van der Waals surface area (Å²) in [4.78, 5) is 14.1. The second-order valence-corrected chi connectivity index (χ2v) is 9.10. The van der Waals surface area contributed by atoms with Gasteiger partial charge in [-0.3, -0.25) is 0 Å². The summed E-state index contributed by atoms with van der Waals surface area (Å²) < 4.78 is 23.1. The van der Waals surface area contributed by atoms with E-state index in [-0.39, 0.29) is 4.90 Å². The van der Waals surface area contributed by atoms with Crippen LogP contribution in [0.5, 0.6) is 0 Å². The van der Waals surface area contributed by atoms with Crippen LogP contribution >= 0.6 is 11.6 Å². The second-order valence-electron chi connectivity index (χ2n) is 7.10. The summed E-state index contributed by atoms with van der Waals surface area (Å²) in [5.41, 5.74) is 1.99. The lowest BCUT2D eigenvalue weighted by Gasteiger charge is -2.36. The van der Waals surface area contributed by atoms with Crippen molar-refractivity contribution in [2.45, 2.75) is 30.2 Å². The average Bonchev–Trinajstić information content (AvgIpc) is 2.82. The smallest absolute Gasteiger partial charge is 0.330 e. The molecule has 28 heavy (non-hydrogen) atoms. The van der Waals surface area contributed by atoms with Crippen molar-refractivity contribution in [3.8, 4) is 0 Å². The summed E-state index contributed by atoms with van der Waals surface area (Å²) in [7, 11) is -2.07. The Balaban J connectivity index is 2.18. The average molecular weight is 421 g/mol. The Morgan fingerprint density at radius 2 is 1.68 bits per heavy atom.